The Hall–Kier alpha value is -2.54. The van der Waals surface area contributed by atoms with Gasteiger partial charge in [-0.05, 0) is 29.7 Å². The van der Waals surface area contributed by atoms with Crippen LogP contribution in [-0.2, 0) is 11.2 Å². The van der Waals surface area contributed by atoms with Crippen LogP contribution in [0.15, 0.2) is 71.2 Å². The zero-order valence-electron chi connectivity index (χ0n) is 16.2. The molecule has 6 heteroatoms. The van der Waals surface area contributed by atoms with Gasteiger partial charge in [0.1, 0.15) is 17.2 Å². The number of hydrogen-bond donors (Lipinski definition) is 3. The molecule has 1 aliphatic heterocycles. The summed E-state index contributed by atoms with van der Waals surface area (Å²) in [6.07, 6.45) is -0.800. The van der Waals surface area contributed by atoms with Crippen LogP contribution in [0.3, 0.4) is 0 Å². The molecule has 4 atom stereocenters. The lowest BCUT2D eigenvalue weighted by atomic mass is 9.71. The molecule has 0 unspecified atom stereocenters. The smallest absolute Gasteiger partial charge is 0.176 e. The second-order valence-electron chi connectivity index (χ2n) is 7.85. The Balaban J connectivity index is 1.83. The predicted octanol–water partition coefficient (Wildman–Crippen LogP) is 4.19. The molecule has 3 aromatic rings. The molecule has 5 rings (SSSR count). The molecule has 1 saturated carbocycles. The van der Waals surface area contributed by atoms with Crippen molar-refractivity contribution < 1.29 is 24.8 Å². The third kappa shape index (κ3) is 2.41. The van der Waals surface area contributed by atoms with Gasteiger partial charge in [-0.2, -0.15) is 0 Å². The molecular formula is C24H21BrO5. The van der Waals surface area contributed by atoms with E-state index in [9.17, 15) is 15.3 Å². The first-order valence-corrected chi connectivity index (χ1v) is 10.5. The van der Waals surface area contributed by atoms with E-state index in [-0.39, 0.29) is 17.4 Å². The third-order valence-corrected chi connectivity index (χ3v) is 6.92. The number of halogens is 1. The SMILES string of the molecule is COc1cc(O)cc2c1[C@]1(O)[C@H](O)C[C@@H](c3ccccc3)[C@]1(c1ccc(Br)cc1)O2. The molecule has 0 radical (unpaired) electrons. The Kier molecular flexibility index (Phi) is 4.36. The molecule has 0 bridgehead atoms. The summed E-state index contributed by atoms with van der Waals surface area (Å²) < 4.78 is 12.9. The highest BCUT2D eigenvalue weighted by Gasteiger charge is 2.73. The molecule has 1 fully saturated rings. The fourth-order valence-corrected chi connectivity index (χ4v) is 5.44. The van der Waals surface area contributed by atoms with Crippen LogP contribution in [0.2, 0.25) is 0 Å². The van der Waals surface area contributed by atoms with Crippen molar-refractivity contribution in [2.45, 2.75) is 29.6 Å². The van der Waals surface area contributed by atoms with Gasteiger partial charge in [-0.3, -0.25) is 0 Å². The van der Waals surface area contributed by atoms with E-state index in [1.807, 2.05) is 54.6 Å². The first-order chi connectivity index (χ1) is 14.4. The van der Waals surface area contributed by atoms with Gasteiger partial charge in [-0.15, -0.1) is 0 Å². The first kappa shape index (κ1) is 19.4. The van der Waals surface area contributed by atoms with Crippen molar-refractivity contribution in [2.24, 2.45) is 0 Å². The normalized spacial score (nSPS) is 29.2. The van der Waals surface area contributed by atoms with E-state index < -0.39 is 17.3 Å². The Morgan fingerprint density at radius 2 is 1.77 bits per heavy atom. The van der Waals surface area contributed by atoms with Gasteiger partial charge in [0.25, 0.3) is 0 Å². The van der Waals surface area contributed by atoms with E-state index in [1.165, 1.54) is 19.2 Å². The van der Waals surface area contributed by atoms with Crippen LogP contribution in [-0.4, -0.2) is 28.5 Å². The minimum atomic E-state index is -1.77. The Labute approximate surface area is 182 Å². The molecule has 0 amide bonds. The third-order valence-electron chi connectivity index (χ3n) is 6.40. The van der Waals surface area contributed by atoms with Crippen molar-refractivity contribution in [3.8, 4) is 17.2 Å². The number of methoxy groups -OCH3 is 1. The monoisotopic (exact) mass is 468 g/mol. The quantitative estimate of drug-likeness (QED) is 0.537. The molecule has 3 N–H and O–H groups in total. The van der Waals surface area contributed by atoms with E-state index in [0.29, 0.717) is 17.7 Å². The molecule has 0 saturated heterocycles. The van der Waals surface area contributed by atoms with E-state index in [1.54, 1.807) is 0 Å². The molecule has 1 aliphatic carbocycles. The van der Waals surface area contributed by atoms with Crippen molar-refractivity contribution in [1.29, 1.82) is 0 Å². The van der Waals surface area contributed by atoms with E-state index >= 15 is 0 Å². The second kappa shape index (κ2) is 6.74. The summed E-state index contributed by atoms with van der Waals surface area (Å²) in [5.74, 6) is 0.209. The summed E-state index contributed by atoms with van der Waals surface area (Å²) in [6, 6.07) is 20.2. The summed E-state index contributed by atoms with van der Waals surface area (Å²) in [7, 11) is 1.47. The molecule has 5 nitrogen and oxygen atoms in total. The predicted molar refractivity (Wildman–Crippen MR) is 115 cm³/mol. The maximum Gasteiger partial charge on any atom is 0.176 e. The van der Waals surface area contributed by atoms with E-state index in [2.05, 4.69) is 15.9 Å². The van der Waals surface area contributed by atoms with Gasteiger partial charge < -0.3 is 24.8 Å². The number of benzene rings is 3. The Morgan fingerprint density at radius 1 is 1.07 bits per heavy atom. The molecule has 30 heavy (non-hydrogen) atoms. The molecule has 1 heterocycles. The molecular weight excluding hydrogens is 448 g/mol. The van der Waals surface area contributed by atoms with Crippen LogP contribution in [0.4, 0.5) is 0 Å². The van der Waals surface area contributed by atoms with Crippen LogP contribution in [0.1, 0.15) is 29.0 Å². The zero-order chi connectivity index (χ0) is 21.1. The lowest BCUT2D eigenvalue weighted by Gasteiger charge is -2.40. The van der Waals surface area contributed by atoms with Crippen molar-refractivity contribution in [3.63, 3.8) is 0 Å². The first-order valence-electron chi connectivity index (χ1n) is 9.73. The van der Waals surface area contributed by atoms with Gasteiger partial charge in [0.05, 0.1) is 18.8 Å². The van der Waals surface area contributed by atoms with Gasteiger partial charge in [0.2, 0.25) is 0 Å². The highest BCUT2D eigenvalue weighted by atomic mass is 79.9. The van der Waals surface area contributed by atoms with Crippen molar-refractivity contribution in [2.75, 3.05) is 7.11 Å². The average Bonchev–Trinajstić information content (AvgIpc) is 3.14. The van der Waals surface area contributed by atoms with Gasteiger partial charge in [-0.1, -0.05) is 58.4 Å². The highest BCUT2D eigenvalue weighted by Crippen LogP contribution is 2.68. The number of rotatable bonds is 3. The largest absolute Gasteiger partial charge is 0.508 e. The lowest BCUT2D eigenvalue weighted by Crippen LogP contribution is -2.52. The summed E-state index contributed by atoms with van der Waals surface area (Å²) in [4.78, 5) is 0. The summed E-state index contributed by atoms with van der Waals surface area (Å²) in [6.45, 7) is 0. The fraction of sp³-hybridized carbons (Fsp3) is 0.250. The number of phenols is 1. The maximum atomic E-state index is 12.2. The Bertz CT molecular complexity index is 1100. The summed E-state index contributed by atoms with van der Waals surface area (Å²) in [5, 5.41) is 33.6. The van der Waals surface area contributed by atoms with Gasteiger partial charge >= 0.3 is 0 Å². The number of aliphatic hydroxyl groups excluding tert-OH is 1. The van der Waals surface area contributed by atoms with Gasteiger partial charge in [0.15, 0.2) is 11.2 Å². The number of aliphatic hydroxyl groups is 2. The number of ether oxygens (including phenoxy) is 2. The number of fused-ring (bicyclic) bond motifs is 3. The minimum absolute atomic E-state index is 0.0362. The minimum Gasteiger partial charge on any atom is -0.508 e. The van der Waals surface area contributed by atoms with Crippen molar-refractivity contribution in [1.82, 2.24) is 0 Å². The van der Waals surface area contributed by atoms with Gasteiger partial charge in [0, 0.05) is 22.5 Å². The lowest BCUT2D eigenvalue weighted by molar-refractivity contribution is -0.149. The highest BCUT2D eigenvalue weighted by molar-refractivity contribution is 9.10. The van der Waals surface area contributed by atoms with E-state index in [4.69, 9.17) is 9.47 Å². The molecule has 3 aromatic carbocycles. The fourth-order valence-electron chi connectivity index (χ4n) is 5.17. The average molecular weight is 469 g/mol. The number of hydrogen-bond acceptors (Lipinski definition) is 5. The summed E-state index contributed by atoms with van der Waals surface area (Å²) in [5.41, 5.74) is -1.02. The van der Waals surface area contributed by atoms with Crippen molar-refractivity contribution >= 4 is 15.9 Å². The molecule has 2 aliphatic rings. The van der Waals surface area contributed by atoms with Crippen LogP contribution in [0, 0.1) is 0 Å². The van der Waals surface area contributed by atoms with Crippen LogP contribution >= 0.6 is 15.9 Å². The Morgan fingerprint density at radius 3 is 2.43 bits per heavy atom. The topological polar surface area (TPSA) is 79.2 Å². The van der Waals surface area contributed by atoms with Gasteiger partial charge in [-0.25, -0.2) is 0 Å². The molecule has 154 valence electrons. The van der Waals surface area contributed by atoms with Crippen LogP contribution < -0.4 is 9.47 Å². The van der Waals surface area contributed by atoms with Crippen LogP contribution in [0.25, 0.3) is 0 Å². The standard InChI is InChI=1S/C24H21BrO5/c1-29-19-11-17(26)12-20-22(19)23(28)21(27)13-18(14-5-3-2-4-6-14)24(23,30-20)15-7-9-16(25)10-8-15/h2-12,18,21,26-28H,13H2,1H3/t18-,21+,23+,24-/m0/s1. The second-order valence-corrected chi connectivity index (χ2v) is 8.76. The van der Waals surface area contributed by atoms with E-state index in [0.717, 1.165) is 15.6 Å². The summed E-state index contributed by atoms with van der Waals surface area (Å²) >= 11 is 3.46. The molecule has 0 aromatic heterocycles. The number of aromatic hydroxyl groups is 1. The number of phenolic OH excluding ortho intramolecular Hbond substituents is 1. The molecule has 0 spiro atoms. The van der Waals surface area contributed by atoms with Crippen molar-refractivity contribution in [3.05, 3.63) is 87.9 Å². The zero-order valence-corrected chi connectivity index (χ0v) is 17.8. The van der Waals surface area contributed by atoms with Crippen LogP contribution in [0.5, 0.6) is 17.2 Å². The maximum absolute atomic E-state index is 12.2.